The molecule has 2 aromatic carbocycles. The Bertz CT molecular complexity index is 616. The third kappa shape index (κ3) is 2.14. The van der Waals surface area contributed by atoms with Crippen molar-refractivity contribution in [2.75, 3.05) is 0 Å². The fraction of sp³-hybridized carbons (Fsp3) is 0.235. The molecule has 0 saturated carbocycles. The van der Waals surface area contributed by atoms with Gasteiger partial charge >= 0.3 is 0 Å². The van der Waals surface area contributed by atoms with E-state index in [0.29, 0.717) is 5.92 Å². The van der Waals surface area contributed by atoms with E-state index >= 15 is 0 Å². The van der Waals surface area contributed by atoms with Crippen LogP contribution in [0, 0.1) is 6.92 Å². The molecular weight excluding hydrogens is 234 g/mol. The Morgan fingerprint density at radius 2 is 1.89 bits per heavy atom. The predicted octanol–water partition coefficient (Wildman–Crippen LogP) is 4.10. The molecule has 2 nitrogen and oxygen atoms in total. The van der Waals surface area contributed by atoms with Crippen LogP contribution in [0.5, 0.6) is 0 Å². The van der Waals surface area contributed by atoms with E-state index in [1.54, 1.807) is 0 Å². The molecule has 2 aromatic rings. The first-order valence-corrected chi connectivity index (χ1v) is 6.66. The lowest BCUT2D eigenvalue weighted by Crippen LogP contribution is -2.17. The summed E-state index contributed by atoms with van der Waals surface area (Å²) in [7, 11) is 0. The second-order valence-corrected chi connectivity index (χ2v) is 5.14. The van der Waals surface area contributed by atoms with E-state index in [0.717, 1.165) is 24.1 Å². The molecule has 0 amide bonds. The number of fused-ring (bicyclic) bond motifs is 1. The molecule has 1 unspecified atom stereocenters. The summed E-state index contributed by atoms with van der Waals surface area (Å²) in [6, 6.07) is 16.9. The predicted molar refractivity (Wildman–Crippen MR) is 77.0 cm³/mol. The average Bonchev–Trinajstić information content (AvgIpc) is 2.46. The first-order valence-electron chi connectivity index (χ1n) is 6.66. The molecule has 96 valence electrons. The molecule has 1 N–H and O–H groups in total. The second kappa shape index (κ2) is 4.88. The van der Waals surface area contributed by atoms with Crippen molar-refractivity contribution in [3.63, 3.8) is 0 Å². The van der Waals surface area contributed by atoms with Crippen LogP contribution >= 0.6 is 0 Å². The summed E-state index contributed by atoms with van der Waals surface area (Å²) in [4.78, 5) is 0. The normalized spacial score (nSPS) is 20.3. The molecule has 19 heavy (non-hydrogen) atoms. The summed E-state index contributed by atoms with van der Waals surface area (Å²) in [5.74, 6) is 0.404. The zero-order chi connectivity index (χ0) is 13.2. The van der Waals surface area contributed by atoms with E-state index in [4.69, 9.17) is 5.21 Å². The quantitative estimate of drug-likeness (QED) is 0.600. The van der Waals surface area contributed by atoms with Crippen molar-refractivity contribution in [2.45, 2.75) is 25.7 Å². The van der Waals surface area contributed by atoms with E-state index in [9.17, 15) is 0 Å². The van der Waals surface area contributed by atoms with Crippen LogP contribution in [0.1, 0.15) is 41.0 Å². The third-order valence-electron chi connectivity index (χ3n) is 3.89. The molecule has 0 radical (unpaired) electrons. The highest BCUT2D eigenvalue weighted by atomic mass is 16.4. The lowest BCUT2D eigenvalue weighted by atomic mass is 9.77. The molecule has 0 aromatic heterocycles. The summed E-state index contributed by atoms with van der Waals surface area (Å²) >= 11 is 0. The zero-order valence-corrected chi connectivity index (χ0v) is 11.0. The summed E-state index contributed by atoms with van der Waals surface area (Å²) in [6.07, 6.45) is 1.83. The van der Waals surface area contributed by atoms with Gasteiger partial charge in [0.05, 0.1) is 5.71 Å². The Kier molecular flexibility index (Phi) is 3.08. The Morgan fingerprint density at radius 1 is 1.11 bits per heavy atom. The fourth-order valence-electron chi connectivity index (χ4n) is 2.94. The number of hydrogen-bond acceptors (Lipinski definition) is 2. The zero-order valence-electron chi connectivity index (χ0n) is 11.0. The van der Waals surface area contributed by atoms with Gasteiger partial charge in [-0.2, -0.15) is 0 Å². The van der Waals surface area contributed by atoms with Gasteiger partial charge in [-0.25, -0.2) is 0 Å². The first kappa shape index (κ1) is 12.0. The number of benzene rings is 2. The van der Waals surface area contributed by atoms with Gasteiger partial charge in [0.25, 0.3) is 0 Å². The maximum absolute atomic E-state index is 9.15. The molecule has 0 saturated heterocycles. The lowest BCUT2D eigenvalue weighted by molar-refractivity contribution is 0.317. The fourth-order valence-corrected chi connectivity index (χ4v) is 2.94. The van der Waals surface area contributed by atoms with Gasteiger partial charge in [-0.1, -0.05) is 59.3 Å². The van der Waals surface area contributed by atoms with Gasteiger partial charge in [-0.3, -0.25) is 0 Å². The summed E-state index contributed by atoms with van der Waals surface area (Å²) in [6.45, 7) is 2.10. The van der Waals surface area contributed by atoms with Gasteiger partial charge in [0.15, 0.2) is 0 Å². The molecule has 1 aliphatic carbocycles. The van der Waals surface area contributed by atoms with E-state index in [1.807, 2.05) is 6.07 Å². The molecule has 0 spiro atoms. The highest BCUT2D eigenvalue weighted by Crippen LogP contribution is 2.37. The molecule has 2 heteroatoms. The molecule has 0 aliphatic heterocycles. The van der Waals surface area contributed by atoms with Crippen LogP contribution in [0.25, 0.3) is 0 Å². The second-order valence-electron chi connectivity index (χ2n) is 5.14. The largest absolute Gasteiger partial charge is 0.411 e. The lowest BCUT2D eigenvalue weighted by Gasteiger charge is -2.27. The van der Waals surface area contributed by atoms with Crippen molar-refractivity contribution in [3.05, 3.63) is 70.8 Å². The number of rotatable bonds is 1. The number of oxime groups is 1. The molecular formula is C17H17NO. The van der Waals surface area contributed by atoms with Crippen molar-refractivity contribution in [2.24, 2.45) is 5.16 Å². The molecule has 1 atom stereocenters. The van der Waals surface area contributed by atoms with Crippen molar-refractivity contribution in [1.82, 2.24) is 0 Å². The van der Waals surface area contributed by atoms with E-state index < -0.39 is 0 Å². The van der Waals surface area contributed by atoms with Crippen LogP contribution < -0.4 is 0 Å². The minimum Gasteiger partial charge on any atom is -0.411 e. The van der Waals surface area contributed by atoms with Crippen LogP contribution in [0.15, 0.2) is 53.7 Å². The van der Waals surface area contributed by atoms with Crippen molar-refractivity contribution in [3.8, 4) is 0 Å². The number of nitrogens with zero attached hydrogens (tertiary/aromatic N) is 1. The molecule has 0 bridgehead atoms. The molecule has 0 fully saturated rings. The third-order valence-corrected chi connectivity index (χ3v) is 3.89. The Labute approximate surface area is 113 Å². The van der Waals surface area contributed by atoms with Crippen molar-refractivity contribution < 1.29 is 5.21 Å². The van der Waals surface area contributed by atoms with E-state index in [1.165, 1.54) is 16.7 Å². The SMILES string of the molecule is Cc1ccc2c(c1)C(c1ccccc1)CC/C2=N\O. The minimum absolute atomic E-state index is 0.404. The van der Waals surface area contributed by atoms with Gasteiger partial charge in [0.1, 0.15) is 0 Å². The van der Waals surface area contributed by atoms with Gasteiger partial charge < -0.3 is 5.21 Å². The van der Waals surface area contributed by atoms with Gasteiger partial charge in [0.2, 0.25) is 0 Å². The smallest absolute Gasteiger partial charge is 0.0871 e. The summed E-state index contributed by atoms with van der Waals surface area (Å²) < 4.78 is 0. The van der Waals surface area contributed by atoms with E-state index in [2.05, 4.69) is 54.5 Å². The van der Waals surface area contributed by atoms with Crippen molar-refractivity contribution >= 4 is 5.71 Å². The highest BCUT2D eigenvalue weighted by molar-refractivity contribution is 6.02. The standard InChI is InChI=1S/C17H17NO/c1-12-7-8-15-16(11-12)14(9-10-17(15)18-19)13-5-3-2-4-6-13/h2-8,11,14,19H,9-10H2,1H3/b18-17+. The van der Waals surface area contributed by atoms with Crippen LogP contribution in [0.2, 0.25) is 0 Å². The monoisotopic (exact) mass is 251 g/mol. The summed E-state index contributed by atoms with van der Waals surface area (Å²) in [5, 5.41) is 12.6. The molecule has 3 rings (SSSR count). The first-order chi connectivity index (χ1) is 9.29. The van der Waals surface area contributed by atoms with Gasteiger partial charge in [-0.05, 0) is 30.9 Å². The van der Waals surface area contributed by atoms with Crippen LogP contribution in [0.4, 0.5) is 0 Å². The topological polar surface area (TPSA) is 32.6 Å². The molecule has 1 aliphatic rings. The van der Waals surface area contributed by atoms with Gasteiger partial charge in [-0.15, -0.1) is 0 Å². The Morgan fingerprint density at radius 3 is 2.63 bits per heavy atom. The van der Waals surface area contributed by atoms with Crippen LogP contribution in [-0.2, 0) is 0 Å². The van der Waals surface area contributed by atoms with Crippen LogP contribution in [-0.4, -0.2) is 10.9 Å². The Hall–Kier alpha value is -2.09. The summed E-state index contributed by atoms with van der Waals surface area (Å²) in [5.41, 5.74) is 5.77. The van der Waals surface area contributed by atoms with E-state index in [-0.39, 0.29) is 0 Å². The minimum atomic E-state index is 0.404. The van der Waals surface area contributed by atoms with Gasteiger partial charge in [0, 0.05) is 11.5 Å². The molecule has 0 heterocycles. The highest BCUT2D eigenvalue weighted by Gasteiger charge is 2.25. The maximum Gasteiger partial charge on any atom is 0.0871 e. The average molecular weight is 251 g/mol. The van der Waals surface area contributed by atoms with Crippen molar-refractivity contribution in [1.29, 1.82) is 0 Å². The maximum atomic E-state index is 9.15. The Balaban J connectivity index is 2.13. The number of hydrogen-bond donors (Lipinski definition) is 1. The van der Waals surface area contributed by atoms with Crippen LogP contribution in [0.3, 0.4) is 0 Å². The number of aryl methyl sites for hydroxylation is 1.